The summed E-state index contributed by atoms with van der Waals surface area (Å²) in [5, 5.41) is 6.79. The highest BCUT2D eigenvalue weighted by atomic mass is 127. The predicted octanol–water partition coefficient (Wildman–Crippen LogP) is 1.72. The van der Waals surface area contributed by atoms with Crippen molar-refractivity contribution in [3.63, 3.8) is 0 Å². The van der Waals surface area contributed by atoms with Crippen LogP contribution >= 0.6 is 22.6 Å². The maximum atomic E-state index is 5.21. The Morgan fingerprint density at radius 2 is 2.40 bits per heavy atom. The van der Waals surface area contributed by atoms with Crippen molar-refractivity contribution in [3.05, 3.63) is 9.26 Å². The fourth-order valence-corrected chi connectivity index (χ4v) is 1.02. The Morgan fingerprint density at radius 1 is 1.70 bits per heavy atom. The lowest BCUT2D eigenvalue weighted by atomic mass is 10.5. The van der Waals surface area contributed by atoms with E-state index in [2.05, 4.69) is 32.8 Å². The number of aromatic nitrogens is 2. The summed E-state index contributed by atoms with van der Waals surface area (Å²) in [5.74, 6) is 0.709. The van der Waals surface area contributed by atoms with Crippen LogP contribution in [-0.4, -0.2) is 16.8 Å². The zero-order valence-corrected chi connectivity index (χ0v) is 8.10. The van der Waals surface area contributed by atoms with Gasteiger partial charge in [-0.25, -0.2) is 0 Å². The minimum atomic E-state index is 0.667. The number of hydrogen-bond donors (Lipinski definition) is 1. The van der Waals surface area contributed by atoms with E-state index >= 15 is 0 Å². The maximum Gasteiger partial charge on any atom is 0.246 e. The molecule has 1 rings (SSSR count). The molecule has 1 aromatic rings. The van der Waals surface area contributed by atoms with Gasteiger partial charge in [0, 0.05) is 5.69 Å². The number of nitrogens with zero attached hydrogens (tertiary/aromatic N) is 1. The van der Waals surface area contributed by atoms with Crippen molar-refractivity contribution in [2.75, 3.05) is 6.61 Å². The molecule has 0 aliphatic heterocycles. The van der Waals surface area contributed by atoms with Crippen molar-refractivity contribution in [3.8, 4) is 5.88 Å². The smallest absolute Gasteiger partial charge is 0.246 e. The van der Waals surface area contributed by atoms with E-state index in [9.17, 15) is 0 Å². The predicted molar refractivity (Wildman–Crippen MR) is 47.2 cm³/mol. The molecule has 0 radical (unpaired) electrons. The third-order valence-corrected chi connectivity index (χ3v) is 2.39. The fraction of sp³-hybridized carbons (Fsp3) is 0.500. The van der Waals surface area contributed by atoms with Crippen molar-refractivity contribution in [1.29, 1.82) is 0 Å². The van der Waals surface area contributed by atoms with Gasteiger partial charge < -0.3 is 4.74 Å². The van der Waals surface area contributed by atoms with E-state index in [-0.39, 0.29) is 0 Å². The molecule has 0 amide bonds. The molecule has 1 N–H and O–H groups in total. The molecule has 0 aliphatic rings. The van der Waals surface area contributed by atoms with Crippen molar-refractivity contribution in [2.45, 2.75) is 13.8 Å². The summed E-state index contributed by atoms with van der Waals surface area (Å²) >= 11 is 2.20. The lowest BCUT2D eigenvalue weighted by Crippen LogP contribution is -1.92. The molecule has 10 heavy (non-hydrogen) atoms. The molecule has 0 aliphatic carbocycles. The monoisotopic (exact) mass is 252 g/mol. The molecular formula is C6H9IN2O. The largest absolute Gasteiger partial charge is 0.476 e. The molecule has 0 spiro atoms. The van der Waals surface area contributed by atoms with E-state index in [4.69, 9.17) is 4.74 Å². The Hall–Kier alpha value is -0.260. The summed E-state index contributed by atoms with van der Waals surface area (Å²) in [6.07, 6.45) is 0. The normalized spacial score (nSPS) is 9.90. The molecule has 1 aromatic heterocycles. The lowest BCUT2D eigenvalue weighted by molar-refractivity contribution is 0.324. The summed E-state index contributed by atoms with van der Waals surface area (Å²) < 4.78 is 6.28. The van der Waals surface area contributed by atoms with Crippen LogP contribution in [0.25, 0.3) is 0 Å². The first-order valence-corrected chi connectivity index (χ1v) is 4.16. The zero-order chi connectivity index (χ0) is 7.56. The lowest BCUT2D eigenvalue weighted by Gasteiger charge is -1.95. The molecule has 0 bridgehead atoms. The number of aryl methyl sites for hydroxylation is 1. The molecule has 3 nitrogen and oxygen atoms in total. The summed E-state index contributed by atoms with van der Waals surface area (Å²) in [5.41, 5.74) is 1.06. The van der Waals surface area contributed by atoms with E-state index in [0.717, 1.165) is 9.26 Å². The average Bonchev–Trinajstić information content (AvgIpc) is 2.20. The van der Waals surface area contributed by atoms with Gasteiger partial charge in [-0.3, -0.25) is 5.10 Å². The molecule has 1 heterocycles. The Balaban J connectivity index is 2.83. The quantitative estimate of drug-likeness (QED) is 0.814. The molecule has 56 valence electrons. The van der Waals surface area contributed by atoms with Gasteiger partial charge in [-0.05, 0) is 36.4 Å². The summed E-state index contributed by atoms with van der Waals surface area (Å²) in [4.78, 5) is 0. The fourth-order valence-electron chi connectivity index (χ4n) is 0.626. The topological polar surface area (TPSA) is 37.9 Å². The van der Waals surface area contributed by atoms with Crippen LogP contribution in [0.4, 0.5) is 0 Å². The Bertz CT molecular complexity index is 222. The zero-order valence-electron chi connectivity index (χ0n) is 5.94. The van der Waals surface area contributed by atoms with Gasteiger partial charge >= 0.3 is 0 Å². The van der Waals surface area contributed by atoms with Crippen LogP contribution in [0.2, 0.25) is 0 Å². The molecule has 4 heteroatoms. The number of ether oxygens (including phenoxy) is 1. The minimum absolute atomic E-state index is 0.667. The minimum Gasteiger partial charge on any atom is -0.476 e. The SMILES string of the molecule is CCOc1n[nH]c(C)c1I. The van der Waals surface area contributed by atoms with Crippen LogP contribution in [0.3, 0.4) is 0 Å². The summed E-state index contributed by atoms with van der Waals surface area (Å²) in [6, 6.07) is 0. The van der Waals surface area contributed by atoms with Gasteiger partial charge in [0.1, 0.15) is 0 Å². The van der Waals surface area contributed by atoms with Gasteiger partial charge in [-0.2, -0.15) is 0 Å². The molecule has 0 atom stereocenters. The number of rotatable bonds is 2. The Morgan fingerprint density at radius 3 is 2.80 bits per heavy atom. The molecule has 0 unspecified atom stereocenters. The van der Waals surface area contributed by atoms with Crippen LogP contribution in [0.15, 0.2) is 0 Å². The second-order valence-electron chi connectivity index (χ2n) is 1.90. The first-order valence-electron chi connectivity index (χ1n) is 3.09. The molecular weight excluding hydrogens is 243 g/mol. The first-order chi connectivity index (χ1) is 4.75. The standard InChI is InChI=1S/C6H9IN2O/c1-3-10-6-5(7)4(2)8-9-6/h3H2,1-2H3,(H,8,9). The van der Waals surface area contributed by atoms with Gasteiger partial charge in [0.15, 0.2) is 0 Å². The van der Waals surface area contributed by atoms with Crippen LogP contribution in [0.1, 0.15) is 12.6 Å². The molecule has 0 saturated carbocycles. The average molecular weight is 252 g/mol. The maximum absolute atomic E-state index is 5.21. The van der Waals surface area contributed by atoms with Gasteiger partial charge in [-0.1, -0.05) is 0 Å². The molecule has 0 fully saturated rings. The highest BCUT2D eigenvalue weighted by Crippen LogP contribution is 2.19. The highest BCUT2D eigenvalue weighted by Gasteiger charge is 2.05. The van der Waals surface area contributed by atoms with E-state index < -0.39 is 0 Å². The van der Waals surface area contributed by atoms with Crippen molar-refractivity contribution < 1.29 is 4.74 Å². The molecule has 0 saturated heterocycles. The van der Waals surface area contributed by atoms with Gasteiger partial charge in [0.2, 0.25) is 5.88 Å². The number of halogens is 1. The number of H-pyrrole nitrogens is 1. The van der Waals surface area contributed by atoms with E-state index in [1.165, 1.54) is 0 Å². The van der Waals surface area contributed by atoms with Crippen molar-refractivity contribution >= 4 is 22.6 Å². The second kappa shape index (κ2) is 3.23. The van der Waals surface area contributed by atoms with Crippen molar-refractivity contribution in [1.82, 2.24) is 10.2 Å². The van der Waals surface area contributed by atoms with Gasteiger partial charge in [0.25, 0.3) is 0 Å². The van der Waals surface area contributed by atoms with Crippen LogP contribution in [0, 0.1) is 10.5 Å². The second-order valence-corrected chi connectivity index (χ2v) is 2.98. The molecule has 0 aromatic carbocycles. The van der Waals surface area contributed by atoms with Gasteiger partial charge in [-0.15, -0.1) is 5.10 Å². The Kier molecular flexibility index (Phi) is 2.53. The van der Waals surface area contributed by atoms with E-state index in [1.54, 1.807) is 0 Å². The third-order valence-electron chi connectivity index (χ3n) is 1.12. The number of hydrogen-bond acceptors (Lipinski definition) is 2. The van der Waals surface area contributed by atoms with Crippen LogP contribution in [-0.2, 0) is 0 Å². The number of aromatic amines is 1. The van der Waals surface area contributed by atoms with Crippen molar-refractivity contribution in [2.24, 2.45) is 0 Å². The number of nitrogens with one attached hydrogen (secondary N) is 1. The first kappa shape index (κ1) is 7.84. The summed E-state index contributed by atoms with van der Waals surface area (Å²) in [7, 11) is 0. The Labute approximate surface area is 73.3 Å². The van der Waals surface area contributed by atoms with Gasteiger partial charge in [0.05, 0.1) is 10.2 Å². The van der Waals surface area contributed by atoms with E-state index in [1.807, 2.05) is 13.8 Å². The van der Waals surface area contributed by atoms with Crippen LogP contribution in [0.5, 0.6) is 5.88 Å². The highest BCUT2D eigenvalue weighted by molar-refractivity contribution is 14.1. The van der Waals surface area contributed by atoms with E-state index in [0.29, 0.717) is 12.5 Å². The third kappa shape index (κ3) is 1.42. The summed E-state index contributed by atoms with van der Waals surface area (Å²) in [6.45, 7) is 4.58. The van der Waals surface area contributed by atoms with Crippen LogP contribution < -0.4 is 4.74 Å².